The molecule has 1 N–H and O–H groups in total. The predicted molar refractivity (Wildman–Crippen MR) is 122 cm³/mol. The fourth-order valence-corrected chi connectivity index (χ4v) is 4.89. The summed E-state index contributed by atoms with van der Waals surface area (Å²) in [5.41, 5.74) is 0.446. The Labute approximate surface area is 195 Å². The molecule has 1 aromatic rings. The van der Waals surface area contributed by atoms with E-state index in [2.05, 4.69) is 5.32 Å². The Bertz CT molecular complexity index is 881. The molecule has 0 radical (unpaired) electrons. The van der Waals surface area contributed by atoms with E-state index in [0.29, 0.717) is 38.2 Å². The van der Waals surface area contributed by atoms with Gasteiger partial charge in [0.25, 0.3) is 0 Å². The van der Waals surface area contributed by atoms with Crippen molar-refractivity contribution in [3.05, 3.63) is 41.6 Å². The Morgan fingerprint density at radius 1 is 1.15 bits per heavy atom. The summed E-state index contributed by atoms with van der Waals surface area (Å²) in [7, 11) is 4.56. The molecule has 1 saturated heterocycles. The van der Waals surface area contributed by atoms with Gasteiger partial charge in [0.2, 0.25) is 11.8 Å². The molecule has 3 rings (SSSR count). The van der Waals surface area contributed by atoms with E-state index in [1.807, 2.05) is 30.3 Å². The number of benzene rings is 1. The molecule has 0 aromatic heterocycles. The number of nitrogens with one attached hydrogen (secondary N) is 1. The smallest absolute Gasteiger partial charge is 0.318 e. The van der Waals surface area contributed by atoms with Crippen LogP contribution in [0.25, 0.3) is 0 Å². The molecule has 0 saturated carbocycles. The van der Waals surface area contributed by atoms with Crippen LogP contribution in [0, 0.1) is 11.3 Å². The number of allylic oxidation sites excluding steroid dienone is 1. The van der Waals surface area contributed by atoms with Crippen molar-refractivity contribution in [3.63, 3.8) is 0 Å². The number of rotatable bonds is 10. The van der Waals surface area contributed by atoms with E-state index in [1.165, 1.54) is 7.11 Å². The van der Waals surface area contributed by atoms with Crippen molar-refractivity contribution in [2.45, 2.75) is 45.1 Å². The van der Waals surface area contributed by atoms with Gasteiger partial charge in [0.1, 0.15) is 11.2 Å². The minimum Gasteiger partial charge on any atom is -0.497 e. The summed E-state index contributed by atoms with van der Waals surface area (Å²) in [6.07, 6.45) is 5.57. The molecule has 0 spiro atoms. The van der Waals surface area contributed by atoms with Crippen LogP contribution >= 0.6 is 0 Å². The van der Waals surface area contributed by atoms with Gasteiger partial charge in [-0.2, -0.15) is 0 Å². The van der Waals surface area contributed by atoms with Gasteiger partial charge in [0.05, 0.1) is 26.7 Å². The molecule has 2 atom stereocenters. The summed E-state index contributed by atoms with van der Waals surface area (Å²) < 4.78 is 15.5. The van der Waals surface area contributed by atoms with E-state index in [0.717, 1.165) is 30.6 Å². The normalized spacial score (nSPS) is 22.3. The van der Waals surface area contributed by atoms with Crippen molar-refractivity contribution in [2.75, 3.05) is 34.5 Å². The van der Waals surface area contributed by atoms with Gasteiger partial charge in [0, 0.05) is 32.4 Å². The van der Waals surface area contributed by atoms with Gasteiger partial charge >= 0.3 is 5.97 Å². The van der Waals surface area contributed by atoms with Gasteiger partial charge < -0.3 is 24.4 Å². The number of hydrogen-bond acceptors (Lipinski definition) is 6. The lowest BCUT2D eigenvalue weighted by atomic mass is 9.71. The van der Waals surface area contributed by atoms with Gasteiger partial charge in [-0.25, -0.2) is 0 Å². The first-order valence-electron chi connectivity index (χ1n) is 11.5. The molecule has 1 aromatic carbocycles. The lowest BCUT2D eigenvalue weighted by Crippen LogP contribution is -2.41. The highest BCUT2D eigenvalue weighted by molar-refractivity contribution is 5.98. The van der Waals surface area contributed by atoms with Gasteiger partial charge in [-0.15, -0.1) is 0 Å². The van der Waals surface area contributed by atoms with Crippen molar-refractivity contribution in [2.24, 2.45) is 11.3 Å². The van der Waals surface area contributed by atoms with E-state index < -0.39 is 17.3 Å². The average molecular weight is 459 g/mol. The summed E-state index contributed by atoms with van der Waals surface area (Å²) in [5.74, 6) is -0.973. The Hall–Kier alpha value is -2.87. The zero-order valence-corrected chi connectivity index (χ0v) is 19.7. The molecule has 180 valence electrons. The van der Waals surface area contributed by atoms with E-state index in [1.54, 1.807) is 19.1 Å². The number of likely N-dealkylation sites (tertiary alicyclic amines) is 1. The number of nitrogens with zero attached hydrogens (tertiary/aromatic N) is 1. The number of methoxy groups -OCH3 is 3. The maximum absolute atomic E-state index is 13.7. The van der Waals surface area contributed by atoms with E-state index in [9.17, 15) is 14.4 Å². The summed E-state index contributed by atoms with van der Waals surface area (Å²) in [5, 5.41) is 2.85. The molecule has 0 bridgehead atoms. The second-order valence-corrected chi connectivity index (χ2v) is 8.52. The third-order valence-electron chi connectivity index (χ3n) is 6.56. The van der Waals surface area contributed by atoms with Crippen molar-refractivity contribution in [3.8, 4) is 5.75 Å². The molecule has 1 fully saturated rings. The molecule has 2 aliphatic rings. The van der Waals surface area contributed by atoms with Crippen molar-refractivity contribution < 1.29 is 28.6 Å². The molecule has 8 heteroatoms. The molecule has 1 aliphatic carbocycles. The highest BCUT2D eigenvalue weighted by Crippen LogP contribution is 2.53. The monoisotopic (exact) mass is 458 g/mol. The summed E-state index contributed by atoms with van der Waals surface area (Å²) in [6, 6.07) is 7.49. The minimum absolute atomic E-state index is 0.0582. The minimum atomic E-state index is -1.14. The van der Waals surface area contributed by atoms with E-state index in [4.69, 9.17) is 14.2 Å². The largest absolute Gasteiger partial charge is 0.497 e. The number of fused-ring (bicyclic) bond motifs is 1. The SMILES string of the molecule is COCCCNC(=O)C[C@H]1C(=O)N(Cc2ccc(OC)cc2)C2=CCCCC[C@@]21C(=O)OC. The van der Waals surface area contributed by atoms with Crippen LogP contribution in [-0.4, -0.2) is 57.2 Å². The van der Waals surface area contributed by atoms with Crippen molar-refractivity contribution >= 4 is 17.8 Å². The Morgan fingerprint density at radius 2 is 1.91 bits per heavy atom. The maximum Gasteiger partial charge on any atom is 0.318 e. The van der Waals surface area contributed by atoms with Gasteiger partial charge in [-0.3, -0.25) is 14.4 Å². The Morgan fingerprint density at radius 3 is 2.58 bits per heavy atom. The number of hydrogen-bond donors (Lipinski definition) is 1. The topological polar surface area (TPSA) is 94.2 Å². The molecule has 8 nitrogen and oxygen atoms in total. The molecule has 2 amide bonds. The van der Waals surface area contributed by atoms with Gasteiger partial charge in [0.15, 0.2) is 0 Å². The van der Waals surface area contributed by atoms with Crippen molar-refractivity contribution in [1.29, 1.82) is 0 Å². The first-order valence-corrected chi connectivity index (χ1v) is 11.5. The zero-order valence-electron chi connectivity index (χ0n) is 19.7. The molecule has 1 aliphatic heterocycles. The third-order valence-corrected chi connectivity index (χ3v) is 6.56. The quantitative estimate of drug-likeness (QED) is 0.428. The molecular formula is C25H34N2O6. The number of carbonyl (C=O) groups is 3. The summed E-state index contributed by atoms with van der Waals surface area (Å²) in [6.45, 7) is 1.31. The Balaban J connectivity index is 1.91. The number of carbonyl (C=O) groups excluding carboxylic acids is 3. The predicted octanol–water partition coefficient (Wildman–Crippen LogP) is 2.81. The van der Waals surface area contributed by atoms with Crippen molar-refractivity contribution in [1.82, 2.24) is 10.2 Å². The molecular weight excluding hydrogens is 424 g/mol. The highest BCUT2D eigenvalue weighted by atomic mass is 16.5. The first-order chi connectivity index (χ1) is 16.0. The summed E-state index contributed by atoms with van der Waals surface area (Å²) >= 11 is 0. The van der Waals surface area contributed by atoms with E-state index >= 15 is 0 Å². The molecule has 0 unspecified atom stereocenters. The van der Waals surface area contributed by atoms with Crippen LogP contribution in [0.15, 0.2) is 36.0 Å². The zero-order chi connectivity index (χ0) is 23.8. The highest BCUT2D eigenvalue weighted by Gasteiger charge is 2.61. The van der Waals surface area contributed by atoms with Crippen LogP contribution < -0.4 is 10.1 Å². The standard InChI is InChI=1S/C25H34N2O6/c1-31-15-7-14-26-22(28)16-20-23(29)27(17-18-9-11-19(32-2)12-10-18)21-8-5-4-6-13-25(20,21)24(30)33-3/h8-12,20H,4-7,13-17H2,1-3H3,(H,26,28)/t20-,25-/m0/s1. The van der Waals surface area contributed by atoms with Crippen LogP contribution in [0.3, 0.4) is 0 Å². The number of ether oxygens (including phenoxy) is 3. The van der Waals surface area contributed by atoms with E-state index in [-0.39, 0.29) is 18.2 Å². The second-order valence-electron chi connectivity index (χ2n) is 8.52. The number of amides is 2. The molecule has 33 heavy (non-hydrogen) atoms. The third kappa shape index (κ3) is 5.21. The summed E-state index contributed by atoms with van der Waals surface area (Å²) in [4.78, 5) is 41.4. The molecule has 1 heterocycles. The van der Waals surface area contributed by atoms with Gasteiger partial charge in [-0.05, 0) is 43.4 Å². The Kier molecular flexibility index (Phi) is 8.49. The second kappa shape index (κ2) is 11.3. The fraction of sp³-hybridized carbons (Fsp3) is 0.560. The lowest BCUT2D eigenvalue weighted by molar-refractivity contribution is -0.155. The fourth-order valence-electron chi connectivity index (χ4n) is 4.89. The number of esters is 1. The first kappa shape index (κ1) is 24.8. The van der Waals surface area contributed by atoms with Crippen LogP contribution in [0.2, 0.25) is 0 Å². The van der Waals surface area contributed by atoms with Crippen LogP contribution in [-0.2, 0) is 30.4 Å². The van der Waals surface area contributed by atoms with Crippen LogP contribution in [0.4, 0.5) is 0 Å². The average Bonchev–Trinajstić information content (AvgIpc) is 2.97. The maximum atomic E-state index is 13.7. The lowest BCUT2D eigenvalue weighted by Gasteiger charge is -2.31. The van der Waals surface area contributed by atoms with Crippen LogP contribution in [0.5, 0.6) is 5.75 Å². The van der Waals surface area contributed by atoms with Crippen LogP contribution in [0.1, 0.15) is 44.1 Å². The van der Waals surface area contributed by atoms with Gasteiger partial charge in [-0.1, -0.05) is 24.6 Å².